The van der Waals surface area contributed by atoms with Gasteiger partial charge in [0.15, 0.2) is 5.13 Å². The van der Waals surface area contributed by atoms with Gasteiger partial charge in [-0.3, -0.25) is 14.4 Å². The average Bonchev–Trinajstić information content (AvgIpc) is 3.63. The molecule has 1 heterocycles. The molecule has 0 aliphatic carbocycles. The molecule has 5 aromatic carbocycles. The fourth-order valence-corrected chi connectivity index (χ4v) is 7.35. The average molecular weight is 780 g/mol. The van der Waals surface area contributed by atoms with Gasteiger partial charge in [-0.05, 0) is 90.9 Å². The molecule has 0 fully saturated rings. The van der Waals surface area contributed by atoms with E-state index in [0.717, 1.165) is 10.5 Å². The highest BCUT2D eigenvalue weighted by molar-refractivity contribution is 8.00. The molecule has 1 atom stereocenters. The minimum Gasteiger partial charge on any atom is -0.494 e. The van der Waals surface area contributed by atoms with Crippen LogP contribution in [-0.2, 0) is 9.59 Å². The second kappa shape index (κ2) is 17.9. The van der Waals surface area contributed by atoms with E-state index in [2.05, 4.69) is 20.9 Å². The minimum atomic E-state index is -0.611. The van der Waals surface area contributed by atoms with Crippen molar-refractivity contribution in [3.8, 4) is 17.0 Å². The molecule has 0 saturated heterocycles. The van der Waals surface area contributed by atoms with E-state index in [1.165, 1.54) is 23.1 Å². The van der Waals surface area contributed by atoms with Crippen LogP contribution >= 0.6 is 46.3 Å². The number of carbonyl (C=O) groups excluding carboxylic acids is 3. The summed E-state index contributed by atoms with van der Waals surface area (Å²) >= 11 is 15.1. The molecule has 0 aliphatic rings. The van der Waals surface area contributed by atoms with Gasteiger partial charge in [-0.2, -0.15) is 0 Å². The van der Waals surface area contributed by atoms with Crippen LogP contribution in [0.2, 0.25) is 10.0 Å². The number of benzene rings is 5. The Morgan fingerprint density at radius 2 is 1.55 bits per heavy atom. The Kier molecular flexibility index (Phi) is 12.6. The van der Waals surface area contributed by atoms with Crippen molar-refractivity contribution >= 4 is 80.9 Å². The van der Waals surface area contributed by atoms with Gasteiger partial charge in [-0.25, -0.2) is 4.98 Å². The Bertz CT molecular complexity index is 2230. The molecule has 1 aromatic heterocycles. The first-order chi connectivity index (χ1) is 25.7. The lowest BCUT2D eigenvalue weighted by Gasteiger charge is -2.17. The minimum absolute atomic E-state index is 0.0611. The summed E-state index contributed by atoms with van der Waals surface area (Å²) in [6.07, 6.45) is 1.61. The zero-order valence-corrected chi connectivity index (χ0v) is 31.4. The predicted octanol–water partition coefficient (Wildman–Crippen LogP) is 10.4. The van der Waals surface area contributed by atoms with Gasteiger partial charge in [0.05, 0.1) is 17.3 Å². The molecular weight excluding hydrogens is 748 g/mol. The van der Waals surface area contributed by atoms with Gasteiger partial charge in [0.2, 0.25) is 5.91 Å². The fourth-order valence-electron chi connectivity index (χ4n) is 5.11. The Balaban J connectivity index is 1.17. The summed E-state index contributed by atoms with van der Waals surface area (Å²) in [6.45, 7) is 2.43. The summed E-state index contributed by atoms with van der Waals surface area (Å²) in [6, 6.07) is 37.7. The molecule has 8 nitrogen and oxygen atoms in total. The highest BCUT2D eigenvalue weighted by atomic mass is 35.5. The van der Waals surface area contributed by atoms with E-state index < -0.39 is 17.1 Å². The number of anilines is 2. The first kappa shape index (κ1) is 37.4. The molecule has 0 aliphatic heterocycles. The molecule has 6 aromatic rings. The molecule has 1 unspecified atom stereocenters. The highest BCUT2D eigenvalue weighted by Gasteiger charge is 2.24. The molecule has 0 spiro atoms. The van der Waals surface area contributed by atoms with E-state index >= 15 is 0 Å². The Morgan fingerprint density at radius 1 is 0.849 bits per heavy atom. The number of carbonyl (C=O) groups is 3. The quantitative estimate of drug-likeness (QED) is 0.0796. The topological polar surface area (TPSA) is 109 Å². The van der Waals surface area contributed by atoms with Crippen LogP contribution in [0.1, 0.15) is 33.7 Å². The largest absolute Gasteiger partial charge is 0.494 e. The Morgan fingerprint density at radius 3 is 2.23 bits per heavy atom. The van der Waals surface area contributed by atoms with Crippen LogP contribution in [0.3, 0.4) is 0 Å². The van der Waals surface area contributed by atoms with Crippen molar-refractivity contribution in [1.29, 1.82) is 0 Å². The number of thioether (sulfide) groups is 1. The second-order valence-corrected chi connectivity index (χ2v) is 14.3. The Hall–Kier alpha value is -5.39. The molecule has 0 radical (unpaired) electrons. The normalized spacial score (nSPS) is 11.7. The van der Waals surface area contributed by atoms with Crippen molar-refractivity contribution in [2.24, 2.45) is 0 Å². The standard InChI is InChI=1S/C41H32Cl2N4O4S2/c1-2-51-31-18-13-26(14-19-31)23-35(45-38(48)28-11-7-4-8-12-28)39(49)44-30-16-20-32(21-17-30)53-37(27-9-5-3-6-10-27)40(50)47-41-46-36(25-52-41)33-22-15-29(42)24-34(33)43/h3-25,37H,2H2,1H3,(H,44,49)(H,45,48)(H,46,47,50)/b35-23-. The maximum absolute atomic E-state index is 13.7. The van der Waals surface area contributed by atoms with Gasteiger partial charge in [0.25, 0.3) is 11.8 Å². The lowest BCUT2D eigenvalue weighted by Crippen LogP contribution is -2.30. The number of aromatic nitrogens is 1. The molecular formula is C41H32Cl2N4O4S2. The third-order valence-electron chi connectivity index (χ3n) is 7.68. The van der Waals surface area contributed by atoms with E-state index in [0.29, 0.717) is 55.6 Å². The van der Waals surface area contributed by atoms with Gasteiger partial charge < -0.3 is 20.7 Å². The van der Waals surface area contributed by atoms with Crippen molar-refractivity contribution in [2.75, 3.05) is 17.2 Å². The maximum atomic E-state index is 13.7. The summed E-state index contributed by atoms with van der Waals surface area (Å²) in [7, 11) is 0. The summed E-state index contributed by atoms with van der Waals surface area (Å²) in [5.41, 5.74) is 3.83. The van der Waals surface area contributed by atoms with Gasteiger partial charge in [0, 0.05) is 32.1 Å². The van der Waals surface area contributed by atoms with Crippen molar-refractivity contribution in [1.82, 2.24) is 10.3 Å². The first-order valence-electron chi connectivity index (χ1n) is 16.4. The number of nitrogens with zero attached hydrogens (tertiary/aromatic N) is 1. The van der Waals surface area contributed by atoms with E-state index in [1.807, 2.05) is 60.8 Å². The van der Waals surface area contributed by atoms with E-state index in [-0.39, 0.29) is 11.6 Å². The van der Waals surface area contributed by atoms with Gasteiger partial charge in [-0.1, -0.05) is 83.9 Å². The van der Waals surface area contributed by atoms with E-state index in [9.17, 15) is 14.4 Å². The van der Waals surface area contributed by atoms with Crippen molar-refractivity contribution in [3.63, 3.8) is 0 Å². The SMILES string of the molecule is CCOc1ccc(/C=C(\NC(=O)c2ccccc2)C(=O)Nc2ccc(SC(C(=O)Nc3nc(-c4ccc(Cl)cc4Cl)cs3)c3ccccc3)cc2)cc1. The molecule has 0 bridgehead atoms. The van der Waals surface area contributed by atoms with Crippen LogP contribution in [0, 0.1) is 0 Å². The predicted molar refractivity (Wildman–Crippen MR) is 216 cm³/mol. The summed E-state index contributed by atoms with van der Waals surface area (Å²) < 4.78 is 5.53. The summed E-state index contributed by atoms with van der Waals surface area (Å²) in [5, 5.41) is 11.2. The molecule has 12 heteroatoms. The highest BCUT2D eigenvalue weighted by Crippen LogP contribution is 2.38. The first-order valence-corrected chi connectivity index (χ1v) is 18.9. The van der Waals surface area contributed by atoms with Crippen LogP contribution in [0.25, 0.3) is 17.3 Å². The number of hydrogen-bond acceptors (Lipinski definition) is 7. The summed E-state index contributed by atoms with van der Waals surface area (Å²) in [4.78, 5) is 45.8. The summed E-state index contributed by atoms with van der Waals surface area (Å²) in [5.74, 6) is -0.476. The lowest BCUT2D eigenvalue weighted by atomic mass is 10.1. The number of ether oxygens (including phenoxy) is 1. The Labute approximate surface area is 325 Å². The van der Waals surface area contributed by atoms with Crippen LogP contribution in [0.4, 0.5) is 10.8 Å². The third-order valence-corrected chi connectivity index (χ3v) is 10.3. The van der Waals surface area contributed by atoms with Crippen molar-refractivity contribution in [2.45, 2.75) is 17.1 Å². The molecule has 0 saturated carbocycles. The number of thiazole rings is 1. The maximum Gasteiger partial charge on any atom is 0.272 e. The van der Waals surface area contributed by atoms with Crippen molar-refractivity contribution < 1.29 is 19.1 Å². The number of hydrogen-bond donors (Lipinski definition) is 3. The molecule has 3 amide bonds. The van der Waals surface area contributed by atoms with E-state index in [1.54, 1.807) is 84.9 Å². The second-order valence-electron chi connectivity index (χ2n) is 11.4. The van der Waals surface area contributed by atoms with Gasteiger partial charge in [0.1, 0.15) is 16.7 Å². The van der Waals surface area contributed by atoms with Crippen LogP contribution in [0.15, 0.2) is 143 Å². The monoisotopic (exact) mass is 778 g/mol. The third kappa shape index (κ3) is 10.1. The number of amides is 3. The number of halogens is 2. The fraction of sp³-hybridized carbons (Fsp3) is 0.0732. The van der Waals surface area contributed by atoms with Crippen molar-refractivity contribution in [3.05, 3.63) is 165 Å². The molecule has 6 rings (SSSR count). The lowest BCUT2D eigenvalue weighted by molar-refractivity contribution is -0.116. The zero-order chi connectivity index (χ0) is 37.2. The van der Waals surface area contributed by atoms with Crippen LogP contribution < -0.4 is 20.7 Å². The molecule has 3 N–H and O–H groups in total. The number of nitrogens with one attached hydrogen (secondary N) is 3. The van der Waals surface area contributed by atoms with Crippen LogP contribution in [-0.4, -0.2) is 29.3 Å². The molecule has 53 heavy (non-hydrogen) atoms. The molecule has 266 valence electrons. The smallest absolute Gasteiger partial charge is 0.272 e. The van der Waals surface area contributed by atoms with Crippen LogP contribution in [0.5, 0.6) is 5.75 Å². The number of rotatable bonds is 13. The zero-order valence-electron chi connectivity index (χ0n) is 28.2. The van der Waals surface area contributed by atoms with E-state index in [4.69, 9.17) is 27.9 Å². The van der Waals surface area contributed by atoms with Gasteiger partial charge >= 0.3 is 0 Å². The van der Waals surface area contributed by atoms with Gasteiger partial charge in [-0.15, -0.1) is 23.1 Å².